The number of benzene rings is 2. The molecule has 2 unspecified atom stereocenters. The number of amides is 2. The van der Waals surface area contributed by atoms with Crippen LogP contribution in [-0.4, -0.2) is 34.8 Å². The van der Waals surface area contributed by atoms with E-state index in [0.717, 1.165) is 24.8 Å². The molecule has 0 aromatic heterocycles. The Hall–Kier alpha value is -2.87. The van der Waals surface area contributed by atoms with E-state index in [4.69, 9.17) is 0 Å². The molecular weight excluding hydrogens is 402 g/mol. The monoisotopic (exact) mass is 427 g/mol. The maximum atomic E-state index is 13.0. The van der Waals surface area contributed by atoms with Crippen molar-refractivity contribution >= 4 is 29.3 Å². The number of nitro groups is 1. The number of fused-ring (bicyclic) bond motifs is 1. The molecule has 2 aromatic rings. The highest BCUT2D eigenvalue weighted by Gasteiger charge is 2.27. The summed E-state index contributed by atoms with van der Waals surface area (Å²) >= 11 is 1.59. The van der Waals surface area contributed by atoms with Gasteiger partial charge in [0, 0.05) is 17.7 Å². The highest BCUT2D eigenvalue weighted by atomic mass is 32.2. The van der Waals surface area contributed by atoms with Gasteiger partial charge < -0.3 is 10.6 Å². The summed E-state index contributed by atoms with van der Waals surface area (Å²) in [5.74, 6) is -0.0253. The van der Waals surface area contributed by atoms with Gasteiger partial charge in [0.2, 0.25) is 5.91 Å². The highest BCUT2D eigenvalue weighted by Crippen LogP contribution is 2.29. The van der Waals surface area contributed by atoms with Gasteiger partial charge in [0.05, 0.1) is 11.0 Å². The van der Waals surface area contributed by atoms with Crippen LogP contribution in [-0.2, 0) is 11.2 Å². The molecule has 0 heterocycles. The van der Waals surface area contributed by atoms with Crippen molar-refractivity contribution in [2.24, 2.45) is 0 Å². The lowest BCUT2D eigenvalue weighted by molar-refractivity contribution is -0.384. The van der Waals surface area contributed by atoms with Crippen LogP contribution in [0.5, 0.6) is 0 Å². The quantitative estimate of drug-likeness (QED) is 0.495. The van der Waals surface area contributed by atoms with Crippen LogP contribution in [0.3, 0.4) is 0 Å². The number of carbonyl (C=O) groups excluding carboxylic acids is 2. The van der Waals surface area contributed by atoms with Crippen molar-refractivity contribution in [3.8, 4) is 0 Å². The Morgan fingerprint density at radius 3 is 2.80 bits per heavy atom. The summed E-state index contributed by atoms with van der Waals surface area (Å²) < 4.78 is 0. The van der Waals surface area contributed by atoms with Crippen molar-refractivity contribution in [2.45, 2.75) is 37.8 Å². The molecule has 30 heavy (non-hydrogen) atoms. The third kappa shape index (κ3) is 5.38. The molecule has 2 N–H and O–H groups in total. The molecule has 1 aliphatic rings. The molecule has 2 aromatic carbocycles. The first kappa shape index (κ1) is 21.8. The van der Waals surface area contributed by atoms with Crippen LogP contribution in [0.1, 0.15) is 46.8 Å². The molecule has 3 rings (SSSR count). The maximum absolute atomic E-state index is 13.0. The van der Waals surface area contributed by atoms with E-state index in [2.05, 4.69) is 16.7 Å². The minimum absolute atomic E-state index is 0.0751. The minimum Gasteiger partial charge on any atom is -0.348 e. The summed E-state index contributed by atoms with van der Waals surface area (Å²) in [6.45, 7) is 0. The second-order valence-electron chi connectivity index (χ2n) is 7.27. The highest BCUT2D eigenvalue weighted by molar-refractivity contribution is 7.98. The number of non-ortho nitro benzene ring substituents is 1. The lowest BCUT2D eigenvalue weighted by atomic mass is 9.87. The van der Waals surface area contributed by atoms with Crippen LogP contribution in [0.25, 0.3) is 0 Å². The number of carbonyl (C=O) groups is 2. The summed E-state index contributed by atoms with van der Waals surface area (Å²) in [6.07, 6.45) is 5.27. The summed E-state index contributed by atoms with van der Waals surface area (Å²) in [4.78, 5) is 36.1. The van der Waals surface area contributed by atoms with Crippen molar-refractivity contribution < 1.29 is 14.5 Å². The molecule has 0 aliphatic heterocycles. The predicted octanol–water partition coefficient (Wildman–Crippen LogP) is 3.64. The minimum atomic E-state index is -0.710. The third-order valence-electron chi connectivity index (χ3n) is 5.24. The third-order valence-corrected chi connectivity index (χ3v) is 5.88. The van der Waals surface area contributed by atoms with E-state index in [1.54, 1.807) is 11.8 Å². The summed E-state index contributed by atoms with van der Waals surface area (Å²) in [6, 6.07) is 12.8. The summed E-state index contributed by atoms with van der Waals surface area (Å²) in [5, 5.41) is 16.8. The maximum Gasteiger partial charge on any atom is 0.270 e. The molecule has 8 heteroatoms. The normalized spacial score (nSPS) is 16.2. The summed E-state index contributed by atoms with van der Waals surface area (Å²) in [5.41, 5.74) is 2.38. The Morgan fingerprint density at radius 2 is 2.03 bits per heavy atom. The van der Waals surface area contributed by atoms with Gasteiger partial charge in [-0.1, -0.05) is 30.3 Å². The van der Waals surface area contributed by atoms with Crippen molar-refractivity contribution in [3.05, 3.63) is 75.3 Å². The Bertz CT molecular complexity index is 934. The molecule has 2 atom stereocenters. The zero-order valence-corrected chi connectivity index (χ0v) is 17.6. The standard InChI is InChI=1S/C22H25N3O4S/c1-30-13-12-20(24-21(26)16-8-4-9-17(14-16)25(28)29)22(27)23-19-11-5-7-15-6-2-3-10-18(15)19/h2-4,6,8-10,14,19-20H,5,7,11-13H2,1H3,(H,23,27)(H,24,26). The molecule has 0 spiro atoms. The molecule has 0 fully saturated rings. The van der Waals surface area contributed by atoms with Crippen LogP contribution >= 0.6 is 11.8 Å². The molecule has 158 valence electrons. The topological polar surface area (TPSA) is 101 Å². The fourth-order valence-electron chi connectivity index (χ4n) is 3.68. The van der Waals surface area contributed by atoms with E-state index in [0.29, 0.717) is 12.2 Å². The van der Waals surface area contributed by atoms with E-state index in [9.17, 15) is 19.7 Å². The lowest BCUT2D eigenvalue weighted by Gasteiger charge is -2.28. The molecule has 0 saturated heterocycles. The number of thioether (sulfide) groups is 1. The average Bonchev–Trinajstić information content (AvgIpc) is 2.76. The molecule has 7 nitrogen and oxygen atoms in total. The first-order chi connectivity index (χ1) is 14.5. The van der Waals surface area contributed by atoms with Crippen LogP contribution in [0.2, 0.25) is 0 Å². The zero-order valence-electron chi connectivity index (χ0n) is 16.8. The first-order valence-electron chi connectivity index (χ1n) is 9.92. The van der Waals surface area contributed by atoms with Gasteiger partial charge in [0.25, 0.3) is 11.6 Å². The Kier molecular flexibility index (Phi) is 7.46. The smallest absolute Gasteiger partial charge is 0.270 e. The molecular formula is C22H25N3O4S. The van der Waals surface area contributed by atoms with Crippen molar-refractivity contribution in [3.63, 3.8) is 0 Å². The number of nitrogens with zero attached hydrogens (tertiary/aromatic N) is 1. The SMILES string of the molecule is CSCCC(NC(=O)c1cccc([N+](=O)[O-])c1)C(=O)NC1CCCc2ccccc21. The van der Waals surface area contributed by atoms with Gasteiger partial charge in [-0.15, -0.1) is 0 Å². The number of rotatable bonds is 8. The Morgan fingerprint density at radius 1 is 1.23 bits per heavy atom. The fourth-order valence-corrected chi connectivity index (χ4v) is 4.15. The predicted molar refractivity (Wildman–Crippen MR) is 118 cm³/mol. The molecule has 0 radical (unpaired) electrons. The summed E-state index contributed by atoms with van der Waals surface area (Å²) in [7, 11) is 0. The van der Waals surface area contributed by atoms with Crippen LogP contribution < -0.4 is 10.6 Å². The second-order valence-corrected chi connectivity index (χ2v) is 8.25. The second kappa shape index (κ2) is 10.2. The number of aryl methyl sites for hydroxylation is 1. The van der Waals surface area contributed by atoms with E-state index in [-0.39, 0.29) is 23.2 Å². The molecule has 0 saturated carbocycles. The van der Waals surface area contributed by atoms with E-state index >= 15 is 0 Å². The number of nitrogens with one attached hydrogen (secondary N) is 2. The van der Waals surface area contributed by atoms with Gasteiger partial charge in [-0.3, -0.25) is 19.7 Å². The van der Waals surface area contributed by atoms with Gasteiger partial charge in [-0.2, -0.15) is 11.8 Å². The molecule has 2 amide bonds. The van der Waals surface area contributed by atoms with E-state index in [1.165, 1.54) is 29.8 Å². The zero-order chi connectivity index (χ0) is 21.5. The van der Waals surface area contributed by atoms with Gasteiger partial charge in [-0.05, 0) is 54.9 Å². The molecule has 0 bridgehead atoms. The van der Waals surface area contributed by atoms with Gasteiger partial charge in [-0.25, -0.2) is 0 Å². The van der Waals surface area contributed by atoms with Crippen molar-refractivity contribution in [1.82, 2.24) is 10.6 Å². The number of hydrogen-bond acceptors (Lipinski definition) is 5. The van der Waals surface area contributed by atoms with Gasteiger partial charge >= 0.3 is 0 Å². The van der Waals surface area contributed by atoms with Crippen molar-refractivity contribution in [2.75, 3.05) is 12.0 Å². The van der Waals surface area contributed by atoms with Gasteiger partial charge in [0.15, 0.2) is 0 Å². The van der Waals surface area contributed by atoms with Crippen LogP contribution in [0.4, 0.5) is 5.69 Å². The first-order valence-corrected chi connectivity index (χ1v) is 11.3. The number of hydrogen-bond donors (Lipinski definition) is 2. The Balaban J connectivity index is 1.72. The molecule has 1 aliphatic carbocycles. The van der Waals surface area contributed by atoms with Gasteiger partial charge in [0.1, 0.15) is 6.04 Å². The lowest BCUT2D eigenvalue weighted by Crippen LogP contribution is -2.48. The van der Waals surface area contributed by atoms with E-state index < -0.39 is 16.9 Å². The fraction of sp³-hybridized carbons (Fsp3) is 0.364. The average molecular weight is 428 g/mol. The largest absolute Gasteiger partial charge is 0.348 e. The number of nitro benzene ring substituents is 1. The van der Waals surface area contributed by atoms with Crippen LogP contribution in [0, 0.1) is 10.1 Å². The van der Waals surface area contributed by atoms with E-state index in [1.807, 2.05) is 24.5 Å². The van der Waals surface area contributed by atoms with Crippen LogP contribution in [0.15, 0.2) is 48.5 Å². The van der Waals surface area contributed by atoms with Crippen molar-refractivity contribution in [1.29, 1.82) is 0 Å². The Labute approximate surface area is 179 Å².